The number of nitrogens with zero attached hydrogens (tertiary/aromatic N) is 1. The summed E-state index contributed by atoms with van der Waals surface area (Å²) in [5, 5.41) is 3.60. The minimum absolute atomic E-state index is 0.0569. The first-order chi connectivity index (χ1) is 12.8. The van der Waals surface area contributed by atoms with Gasteiger partial charge >= 0.3 is 0 Å². The number of aromatic nitrogens is 1. The molecule has 3 atom stereocenters. The van der Waals surface area contributed by atoms with E-state index in [0.717, 1.165) is 17.4 Å². The van der Waals surface area contributed by atoms with Crippen LogP contribution in [0.25, 0.3) is 10.9 Å². The zero-order chi connectivity index (χ0) is 19.3. The van der Waals surface area contributed by atoms with Gasteiger partial charge in [0, 0.05) is 43.0 Å². The number of fused-ring (bicyclic) bond motifs is 2. The highest BCUT2D eigenvalue weighted by atomic mass is 32.2. The molecule has 1 amide bonds. The average Bonchev–Trinajstić information content (AvgIpc) is 3.03. The monoisotopic (exact) mass is 389 g/mol. The molecule has 2 fully saturated rings. The Balaban J connectivity index is 1.64. The van der Waals surface area contributed by atoms with Crippen LogP contribution in [0.5, 0.6) is 0 Å². The van der Waals surface area contributed by atoms with Gasteiger partial charge in [0.1, 0.15) is 0 Å². The van der Waals surface area contributed by atoms with Gasteiger partial charge in [0.05, 0.1) is 4.90 Å². The van der Waals surface area contributed by atoms with E-state index in [1.807, 2.05) is 0 Å². The Kier molecular flexibility index (Phi) is 4.35. The zero-order valence-electron chi connectivity index (χ0n) is 15.4. The first kappa shape index (κ1) is 18.2. The molecule has 1 saturated carbocycles. The molecule has 1 aliphatic carbocycles. The fraction of sp³-hybridized carbons (Fsp3) is 0.474. The zero-order valence-corrected chi connectivity index (χ0v) is 16.2. The molecular formula is C19H23N3O4S. The number of piperidine rings is 1. The molecular weight excluding hydrogens is 366 g/mol. The van der Waals surface area contributed by atoms with Crippen LogP contribution in [0.2, 0.25) is 0 Å². The Hall–Kier alpha value is -2.19. The molecule has 4 rings (SSSR count). The summed E-state index contributed by atoms with van der Waals surface area (Å²) in [6.07, 6.45) is 1.96. The predicted molar refractivity (Wildman–Crippen MR) is 102 cm³/mol. The lowest BCUT2D eigenvalue weighted by Gasteiger charge is -2.24. The summed E-state index contributed by atoms with van der Waals surface area (Å²) in [4.78, 5) is 26.2. The van der Waals surface area contributed by atoms with E-state index in [4.69, 9.17) is 0 Å². The second kappa shape index (κ2) is 6.45. The van der Waals surface area contributed by atoms with Gasteiger partial charge in [0.2, 0.25) is 21.5 Å². The molecule has 2 aliphatic rings. The van der Waals surface area contributed by atoms with Gasteiger partial charge in [0.25, 0.3) is 0 Å². The Morgan fingerprint density at radius 3 is 2.63 bits per heavy atom. The first-order valence-electron chi connectivity index (χ1n) is 9.14. The molecule has 27 heavy (non-hydrogen) atoms. The molecule has 1 saturated heterocycles. The molecule has 0 spiro atoms. The number of nitrogens with one attached hydrogen (secondary N) is 2. The summed E-state index contributed by atoms with van der Waals surface area (Å²) in [7, 11) is -2.04. The summed E-state index contributed by atoms with van der Waals surface area (Å²) in [6.45, 7) is 2.43. The van der Waals surface area contributed by atoms with Crippen LogP contribution in [0.1, 0.15) is 24.8 Å². The standard InChI is InChI=1S/C19H23N3O4S/c1-11-5-19(24)21-17-4-3-15(9-16(11)17)27(25,26)22(2)14-6-12-8-18(23)20-10-13(12)7-14/h3-5,9,12-14H,6-8,10H2,1-2H3,(H,20,23)(H,21,24)/t12-,13+,14-/m0/s1. The van der Waals surface area contributed by atoms with Gasteiger partial charge < -0.3 is 10.3 Å². The molecule has 7 nitrogen and oxygen atoms in total. The number of hydrogen-bond acceptors (Lipinski definition) is 4. The van der Waals surface area contributed by atoms with Crippen LogP contribution in [0.15, 0.2) is 34.0 Å². The molecule has 1 aromatic heterocycles. The average molecular weight is 389 g/mol. The van der Waals surface area contributed by atoms with Crippen molar-refractivity contribution in [2.45, 2.75) is 37.1 Å². The maximum absolute atomic E-state index is 13.2. The second-order valence-electron chi connectivity index (χ2n) is 7.70. The lowest BCUT2D eigenvalue weighted by molar-refractivity contribution is -0.124. The fourth-order valence-corrected chi connectivity index (χ4v) is 5.86. The number of pyridine rings is 1. The van der Waals surface area contributed by atoms with Crippen molar-refractivity contribution in [3.05, 3.63) is 40.2 Å². The van der Waals surface area contributed by atoms with Crippen LogP contribution in [-0.2, 0) is 14.8 Å². The van der Waals surface area contributed by atoms with Crippen molar-refractivity contribution in [2.75, 3.05) is 13.6 Å². The van der Waals surface area contributed by atoms with E-state index >= 15 is 0 Å². The Morgan fingerprint density at radius 1 is 1.11 bits per heavy atom. The Labute approximate surface area is 157 Å². The highest BCUT2D eigenvalue weighted by Crippen LogP contribution is 2.39. The summed E-state index contributed by atoms with van der Waals surface area (Å²) in [6, 6.07) is 6.16. The number of aryl methyl sites for hydroxylation is 1. The van der Waals surface area contributed by atoms with Gasteiger partial charge in [-0.2, -0.15) is 4.31 Å². The highest BCUT2D eigenvalue weighted by Gasteiger charge is 2.42. The summed E-state index contributed by atoms with van der Waals surface area (Å²) in [5.74, 6) is 0.654. The lowest BCUT2D eigenvalue weighted by atomic mass is 9.89. The van der Waals surface area contributed by atoms with Crippen LogP contribution >= 0.6 is 0 Å². The number of aromatic amines is 1. The number of carbonyl (C=O) groups excluding carboxylic acids is 1. The predicted octanol–water partition coefficient (Wildman–Crippen LogP) is 1.37. The quantitative estimate of drug-likeness (QED) is 0.828. The number of rotatable bonds is 3. The SMILES string of the molecule is Cc1cc(=O)[nH]c2ccc(S(=O)(=O)N(C)[C@H]3C[C@H]4CC(=O)NC[C@H]4C3)cc12. The first-order valence-corrected chi connectivity index (χ1v) is 10.6. The van der Waals surface area contributed by atoms with E-state index in [-0.39, 0.29) is 28.3 Å². The maximum Gasteiger partial charge on any atom is 0.248 e. The molecule has 2 aromatic rings. The van der Waals surface area contributed by atoms with Crippen molar-refractivity contribution in [3.8, 4) is 0 Å². The van der Waals surface area contributed by atoms with Gasteiger partial charge in [-0.25, -0.2) is 8.42 Å². The molecule has 0 bridgehead atoms. The van der Waals surface area contributed by atoms with Gasteiger partial charge in [-0.1, -0.05) is 0 Å². The fourth-order valence-electron chi connectivity index (χ4n) is 4.46. The van der Waals surface area contributed by atoms with Gasteiger partial charge in [-0.05, 0) is 55.4 Å². The number of benzene rings is 1. The van der Waals surface area contributed by atoms with E-state index in [2.05, 4.69) is 10.3 Å². The third-order valence-corrected chi connectivity index (χ3v) is 7.94. The van der Waals surface area contributed by atoms with Crippen molar-refractivity contribution in [1.29, 1.82) is 0 Å². The molecule has 1 aliphatic heterocycles. The van der Waals surface area contributed by atoms with Crippen LogP contribution in [0.4, 0.5) is 0 Å². The summed E-state index contributed by atoms with van der Waals surface area (Å²) >= 11 is 0. The van der Waals surface area contributed by atoms with E-state index in [1.165, 1.54) is 16.4 Å². The molecule has 0 unspecified atom stereocenters. The van der Waals surface area contributed by atoms with Gasteiger partial charge in [-0.3, -0.25) is 9.59 Å². The molecule has 144 valence electrons. The molecule has 0 radical (unpaired) electrons. The van der Waals surface area contributed by atoms with Crippen LogP contribution < -0.4 is 10.9 Å². The highest BCUT2D eigenvalue weighted by molar-refractivity contribution is 7.89. The van der Waals surface area contributed by atoms with Crippen LogP contribution in [0.3, 0.4) is 0 Å². The molecule has 2 N–H and O–H groups in total. The minimum atomic E-state index is -3.66. The topological polar surface area (TPSA) is 99.3 Å². The van der Waals surface area contributed by atoms with Crippen LogP contribution in [-0.4, -0.2) is 43.2 Å². The normalized spacial score (nSPS) is 25.6. The molecule has 2 heterocycles. The summed E-state index contributed by atoms with van der Waals surface area (Å²) < 4.78 is 27.8. The molecule has 8 heteroatoms. The smallest absolute Gasteiger partial charge is 0.248 e. The van der Waals surface area contributed by atoms with E-state index in [9.17, 15) is 18.0 Å². The number of sulfonamides is 1. The number of H-pyrrole nitrogens is 1. The van der Waals surface area contributed by atoms with Gasteiger partial charge in [0.15, 0.2) is 0 Å². The van der Waals surface area contributed by atoms with Gasteiger partial charge in [-0.15, -0.1) is 0 Å². The maximum atomic E-state index is 13.2. The van der Waals surface area contributed by atoms with Crippen molar-refractivity contribution in [1.82, 2.24) is 14.6 Å². The second-order valence-corrected chi connectivity index (χ2v) is 9.70. The minimum Gasteiger partial charge on any atom is -0.356 e. The van der Waals surface area contributed by atoms with E-state index in [1.54, 1.807) is 26.1 Å². The number of carbonyl (C=O) groups is 1. The van der Waals surface area contributed by atoms with Crippen LogP contribution in [0, 0.1) is 18.8 Å². The third kappa shape index (κ3) is 3.17. The summed E-state index contributed by atoms with van der Waals surface area (Å²) in [5.41, 5.74) is 1.16. The molecule has 1 aromatic carbocycles. The van der Waals surface area contributed by atoms with Crippen molar-refractivity contribution in [2.24, 2.45) is 11.8 Å². The van der Waals surface area contributed by atoms with Crippen molar-refractivity contribution >= 4 is 26.8 Å². The van der Waals surface area contributed by atoms with Crippen molar-refractivity contribution in [3.63, 3.8) is 0 Å². The lowest BCUT2D eigenvalue weighted by Crippen LogP contribution is -2.38. The Bertz CT molecular complexity index is 1080. The van der Waals surface area contributed by atoms with E-state index in [0.29, 0.717) is 30.8 Å². The number of hydrogen-bond donors (Lipinski definition) is 2. The Morgan fingerprint density at radius 2 is 1.85 bits per heavy atom. The van der Waals surface area contributed by atoms with E-state index < -0.39 is 10.0 Å². The largest absolute Gasteiger partial charge is 0.356 e. The third-order valence-electron chi connectivity index (χ3n) is 6.04. The van der Waals surface area contributed by atoms with Crippen molar-refractivity contribution < 1.29 is 13.2 Å². The number of amides is 1.